The molecule has 0 aliphatic heterocycles. The highest BCUT2D eigenvalue weighted by atomic mass is 35.5. The smallest absolute Gasteiger partial charge is 0.253 e. The van der Waals surface area contributed by atoms with Crippen molar-refractivity contribution in [2.45, 2.75) is 12.5 Å². The maximum atomic E-state index is 12.0. The second-order valence-corrected chi connectivity index (χ2v) is 7.11. The number of halogens is 1. The molecule has 0 fully saturated rings. The lowest BCUT2D eigenvalue weighted by atomic mass is 10.0. The number of para-hydroxylation sites is 1. The molecule has 2 N–H and O–H groups in total. The van der Waals surface area contributed by atoms with Crippen LogP contribution in [0.4, 0.5) is 17.1 Å². The molecule has 0 aliphatic rings. The summed E-state index contributed by atoms with van der Waals surface area (Å²) in [7, 11) is 4.00. The van der Waals surface area contributed by atoms with Gasteiger partial charge in [-0.2, -0.15) is 0 Å². The second-order valence-electron chi connectivity index (χ2n) is 6.70. The van der Waals surface area contributed by atoms with Crippen molar-refractivity contribution >= 4 is 28.7 Å². The molecule has 3 aromatic carbocycles. The van der Waals surface area contributed by atoms with Crippen LogP contribution in [-0.2, 0) is 6.42 Å². The van der Waals surface area contributed by atoms with E-state index in [0.717, 1.165) is 6.42 Å². The fourth-order valence-corrected chi connectivity index (χ4v) is 3.10. The largest absolute Gasteiger partial charge is 0.378 e. The van der Waals surface area contributed by atoms with Gasteiger partial charge in [-0.05, 0) is 38.2 Å². The molecule has 140 valence electrons. The van der Waals surface area contributed by atoms with Gasteiger partial charge in [-0.3, -0.25) is 9.59 Å². The second kappa shape index (κ2) is 8.37. The van der Waals surface area contributed by atoms with Gasteiger partial charge in [0, 0.05) is 12.6 Å². The lowest BCUT2D eigenvalue weighted by Crippen LogP contribution is -2.41. The Balaban J connectivity index is 1.72. The quantitative estimate of drug-likeness (QED) is 0.584. The number of likely N-dealkylation sites (N-methyl/N-ethyl adjacent to an activating group) is 1. The Labute approximate surface area is 163 Å². The minimum Gasteiger partial charge on any atom is -0.378 e. The van der Waals surface area contributed by atoms with Crippen molar-refractivity contribution in [3.8, 4) is 0 Å². The molecular formula is C21H22ClN3O2. The van der Waals surface area contributed by atoms with E-state index in [0.29, 0.717) is 22.9 Å². The minimum atomic E-state index is -0.526. The number of anilines is 3. The van der Waals surface area contributed by atoms with Gasteiger partial charge in [0.25, 0.3) is 10.9 Å². The molecule has 0 saturated carbocycles. The molecule has 0 spiro atoms. The normalized spacial score (nSPS) is 12.3. The number of hydrogen-bond acceptors (Lipinski definition) is 5. The van der Waals surface area contributed by atoms with Gasteiger partial charge in [0.15, 0.2) is 0 Å². The lowest BCUT2D eigenvalue weighted by Gasteiger charge is -2.26. The van der Waals surface area contributed by atoms with Gasteiger partial charge in [-0.15, -0.1) is 0 Å². The van der Waals surface area contributed by atoms with Gasteiger partial charge < -0.3 is 15.5 Å². The standard InChI is InChI=1S/C21H22ClN3O2/c1-25(2)15(12-14-8-4-3-5-9-14)13-23-18-19(21(27)20(18)26)24-17-11-7-6-10-16(17)22/h3-11,15,23-24H,12-13H2,1-2H3. The third-order valence-electron chi connectivity index (χ3n) is 4.60. The van der Waals surface area contributed by atoms with Crippen LogP contribution in [0.25, 0.3) is 0 Å². The van der Waals surface area contributed by atoms with E-state index in [4.69, 9.17) is 11.6 Å². The summed E-state index contributed by atoms with van der Waals surface area (Å²) in [4.78, 5) is 26.1. The maximum absolute atomic E-state index is 12.0. The molecule has 0 bridgehead atoms. The first-order valence-corrected chi connectivity index (χ1v) is 9.14. The number of nitrogens with one attached hydrogen (secondary N) is 2. The SMILES string of the molecule is CN(C)C(CNc1c(Nc2ccccc2Cl)c(=O)c1=O)Cc1ccccc1. The first kappa shape index (κ1) is 19.1. The Kier molecular flexibility index (Phi) is 5.94. The van der Waals surface area contributed by atoms with E-state index in [9.17, 15) is 9.59 Å². The van der Waals surface area contributed by atoms with Gasteiger partial charge in [0.1, 0.15) is 11.4 Å². The molecule has 0 aromatic heterocycles. The summed E-state index contributed by atoms with van der Waals surface area (Å²) in [5, 5.41) is 6.63. The van der Waals surface area contributed by atoms with E-state index < -0.39 is 10.9 Å². The summed E-state index contributed by atoms with van der Waals surface area (Å²) in [6.07, 6.45) is 0.837. The molecule has 3 aromatic rings. The predicted molar refractivity (Wildman–Crippen MR) is 112 cm³/mol. The monoisotopic (exact) mass is 383 g/mol. The molecule has 0 aliphatic carbocycles. The van der Waals surface area contributed by atoms with Crippen LogP contribution >= 0.6 is 11.6 Å². The van der Waals surface area contributed by atoms with Crippen LogP contribution in [0.15, 0.2) is 64.2 Å². The molecule has 0 amide bonds. The fourth-order valence-electron chi connectivity index (χ4n) is 2.92. The van der Waals surface area contributed by atoms with Crippen LogP contribution in [0.5, 0.6) is 0 Å². The molecule has 1 atom stereocenters. The van der Waals surface area contributed by atoms with E-state index in [2.05, 4.69) is 27.7 Å². The zero-order valence-corrected chi connectivity index (χ0v) is 16.1. The third kappa shape index (κ3) is 4.38. The molecule has 3 rings (SSSR count). The lowest BCUT2D eigenvalue weighted by molar-refractivity contribution is 0.303. The predicted octanol–water partition coefficient (Wildman–Crippen LogP) is 3.26. The molecule has 5 nitrogen and oxygen atoms in total. The van der Waals surface area contributed by atoms with Gasteiger partial charge in [0.05, 0.1) is 10.7 Å². The molecular weight excluding hydrogens is 362 g/mol. The van der Waals surface area contributed by atoms with Gasteiger partial charge in [0.2, 0.25) is 0 Å². The van der Waals surface area contributed by atoms with Crippen molar-refractivity contribution < 1.29 is 0 Å². The summed E-state index contributed by atoms with van der Waals surface area (Å²) in [5.41, 5.74) is 1.38. The highest BCUT2D eigenvalue weighted by Crippen LogP contribution is 2.26. The zero-order chi connectivity index (χ0) is 19.4. The fraction of sp³-hybridized carbons (Fsp3) is 0.238. The molecule has 0 saturated heterocycles. The van der Waals surface area contributed by atoms with E-state index in [1.165, 1.54) is 5.56 Å². The maximum Gasteiger partial charge on any atom is 0.253 e. The molecule has 0 radical (unpaired) electrons. The van der Waals surface area contributed by atoms with Gasteiger partial charge in [-0.1, -0.05) is 54.1 Å². The summed E-state index contributed by atoms with van der Waals surface area (Å²) >= 11 is 6.13. The Bertz CT molecular complexity index is 979. The molecule has 27 heavy (non-hydrogen) atoms. The first-order chi connectivity index (χ1) is 13.0. The van der Waals surface area contributed by atoms with Crippen LogP contribution in [0.1, 0.15) is 5.56 Å². The van der Waals surface area contributed by atoms with Crippen molar-refractivity contribution in [1.82, 2.24) is 4.90 Å². The molecule has 6 heteroatoms. The van der Waals surface area contributed by atoms with Gasteiger partial charge in [-0.25, -0.2) is 0 Å². The number of benzene rings is 2. The van der Waals surface area contributed by atoms with Crippen LogP contribution in [0.2, 0.25) is 5.02 Å². The van der Waals surface area contributed by atoms with Gasteiger partial charge >= 0.3 is 0 Å². The number of rotatable bonds is 8. The van der Waals surface area contributed by atoms with Crippen molar-refractivity contribution in [3.05, 3.63) is 85.6 Å². The average Bonchev–Trinajstić information content (AvgIpc) is 2.68. The van der Waals surface area contributed by atoms with E-state index in [1.807, 2.05) is 38.4 Å². The van der Waals surface area contributed by atoms with E-state index >= 15 is 0 Å². The summed E-state index contributed by atoms with van der Waals surface area (Å²) in [6, 6.07) is 17.5. The highest BCUT2D eigenvalue weighted by molar-refractivity contribution is 6.33. The zero-order valence-electron chi connectivity index (χ0n) is 15.3. The Morgan fingerprint density at radius 1 is 0.926 bits per heavy atom. The topological polar surface area (TPSA) is 61.4 Å². The van der Waals surface area contributed by atoms with Crippen molar-refractivity contribution in [2.24, 2.45) is 0 Å². The summed E-state index contributed by atoms with van der Waals surface area (Å²) in [5.74, 6) is 0. The van der Waals surface area contributed by atoms with Crippen LogP contribution in [0, 0.1) is 0 Å². The van der Waals surface area contributed by atoms with Crippen LogP contribution < -0.4 is 21.5 Å². The van der Waals surface area contributed by atoms with E-state index in [-0.39, 0.29) is 11.7 Å². The molecule has 0 heterocycles. The Hall–Kier alpha value is -2.63. The summed E-state index contributed by atoms with van der Waals surface area (Å²) in [6.45, 7) is 0.546. The first-order valence-electron chi connectivity index (χ1n) is 8.76. The highest BCUT2D eigenvalue weighted by Gasteiger charge is 2.23. The summed E-state index contributed by atoms with van der Waals surface area (Å²) < 4.78 is 0. The Morgan fingerprint density at radius 3 is 2.22 bits per heavy atom. The average molecular weight is 384 g/mol. The third-order valence-corrected chi connectivity index (χ3v) is 4.93. The molecule has 1 unspecified atom stereocenters. The van der Waals surface area contributed by atoms with Crippen LogP contribution in [0.3, 0.4) is 0 Å². The number of hydrogen-bond donors (Lipinski definition) is 2. The Morgan fingerprint density at radius 2 is 1.56 bits per heavy atom. The van der Waals surface area contributed by atoms with Crippen molar-refractivity contribution in [3.63, 3.8) is 0 Å². The van der Waals surface area contributed by atoms with Crippen molar-refractivity contribution in [1.29, 1.82) is 0 Å². The number of nitrogens with zero attached hydrogens (tertiary/aromatic N) is 1. The minimum absolute atomic E-state index is 0.171. The van der Waals surface area contributed by atoms with E-state index in [1.54, 1.807) is 18.2 Å². The van der Waals surface area contributed by atoms with Crippen LogP contribution in [-0.4, -0.2) is 31.6 Å². The van der Waals surface area contributed by atoms with Crippen molar-refractivity contribution in [2.75, 3.05) is 31.3 Å².